The van der Waals surface area contributed by atoms with E-state index in [0.29, 0.717) is 18.0 Å². The zero-order valence-electron chi connectivity index (χ0n) is 23.7. The van der Waals surface area contributed by atoms with Gasteiger partial charge in [-0.05, 0) is 48.3 Å². The van der Waals surface area contributed by atoms with Crippen LogP contribution in [0.3, 0.4) is 0 Å². The third kappa shape index (κ3) is 5.74. The molecule has 0 unspecified atom stereocenters. The molecule has 0 saturated heterocycles. The standard InChI is InChI=1S/C38H31N3O/c1-27-17-21-30(22-18-27)34(31-23-19-28(2)20-24-31)25-35(32-13-7-4-8-14-32)39-40-37-33-15-9-10-16-36(33)41(38(37)42)26-29-11-5-3-6-12-29/h3-25H,26H2,1-2H3/b39-35+,40-37-. The summed E-state index contributed by atoms with van der Waals surface area (Å²) in [6.07, 6.45) is 2.07. The lowest BCUT2D eigenvalue weighted by Crippen LogP contribution is -2.29. The number of allylic oxidation sites excluding steroid dienone is 1. The summed E-state index contributed by atoms with van der Waals surface area (Å²) in [6.45, 7) is 4.64. The molecule has 5 aromatic carbocycles. The Balaban J connectivity index is 1.47. The Morgan fingerprint density at radius 3 is 1.81 bits per heavy atom. The van der Waals surface area contributed by atoms with Gasteiger partial charge in [0, 0.05) is 11.1 Å². The summed E-state index contributed by atoms with van der Waals surface area (Å²) in [5.41, 5.74) is 10.2. The van der Waals surface area contributed by atoms with Gasteiger partial charge >= 0.3 is 0 Å². The minimum absolute atomic E-state index is 0.155. The first-order chi connectivity index (χ1) is 20.6. The number of nitrogens with zero attached hydrogens (tertiary/aromatic N) is 3. The molecule has 0 bridgehead atoms. The van der Waals surface area contributed by atoms with Crippen molar-refractivity contribution in [1.82, 2.24) is 0 Å². The zero-order valence-corrected chi connectivity index (χ0v) is 23.7. The lowest BCUT2D eigenvalue weighted by molar-refractivity contribution is -0.112. The monoisotopic (exact) mass is 545 g/mol. The number of anilines is 1. The first-order valence-electron chi connectivity index (χ1n) is 14.1. The van der Waals surface area contributed by atoms with E-state index < -0.39 is 0 Å². The van der Waals surface area contributed by atoms with E-state index in [1.807, 2.05) is 84.9 Å². The van der Waals surface area contributed by atoms with Crippen LogP contribution in [0.4, 0.5) is 5.69 Å². The first-order valence-corrected chi connectivity index (χ1v) is 14.1. The summed E-state index contributed by atoms with van der Waals surface area (Å²) >= 11 is 0. The molecule has 5 aromatic rings. The van der Waals surface area contributed by atoms with Gasteiger partial charge in [-0.3, -0.25) is 4.79 Å². The summed E-state index contributed by atoms with van der Waals surface area (Å²) in [5, 5.41) is 9.42. The van der Waals surface area contributed by atoms with E-state index in [1.165, 1.54) is 11.1 Å². The third-order valence-corrected chi connectivity index (χ3v) is 7.41. The average Bonchev–Trinajstić information content (AvgIpc) is 3.29. The fourth-order valence-electron chi connectivity index (χ4n) is 5.10. The maximum atomic E-state index is 13.8. The van der Waals surface area contributed by atoms with Crippen molar-refractivity contribution in [2.24, 2.45) is 10.2 Å². The molecule has 0 radical (unpaired) electrons. The van der Waals surface area contributed by atoms with E-state index in [2.05, 4.69) is 73.6 Å². The van der Waals surface area contributed by atoms with Crippen LogP contribution in [0, 0.1) is 13.8 Å². The maximum absolute atomic E-state index is 13.8. The highest BCUT2D eigenvalue weighted by Crippen LogP contribution is 2.31. The smallest absolute Gasteiger partial charge is 0.279 e. The Morgan fingerprint density at radius 1 is 0.643 bits per heavy atom. The highest BCUT2D eigenvalue weighted by atomic mass is 16.2. The predicted octanol–water partition coefficient (Wildman–Crippen LogP) is 8.18. The van der Waals surface area contributed by atoms with Crippen molar-refractivity contribution >= 4 is 28.6 Å². The van der Waals surface area contributed by atoms with Crippen molar-refractivity contribution in [1.29, 1.82) is 0 Å². The van der Waals surface area contributed by atoms with Gasteiger partial charge in [-0.15, -0.1) is 10.2 Å². The van der Waals surface area contributed by atoms with E-state index in [-0.39, 0.29) is 5.91 Å². The summed E-state index contributed by atoms with van der Waals surface area (Å²) < 4.78 is 0. The van der Waals surface area contributed by atoms with Crippen LogP contribution in [0.5, 0.6) is 0 Å². The van der Waals surface area contributed by atoms with Gasteiger partial charge in [-0.1, -0.05) is 139 Å². The first kappa shape index (κ1) is 26.9. The number of hydrogen-bond donors (Lipinski definition) is 0. The maximum Gasteiger partial charge on any atom is 0.279 e. The molecule has 0 atom stereocenters. The van der Waals surface area contributed by atoms with Crippen LogP contribution in [0.1, 0.15) is 38.9 Å². The normalized spacial score (nSPS) is 13.8. The molecular formula is C38H31N3O. The van der Waals surface area contributed by atoms with Crippen molar-refractivity contribution < 1.29 is 4.79 Å². The van der Waals surface area contributed by atoms with Crippen molar-refractivity contribution in [3.8, 4) is 0 Å². The second-order valence-electron chi connectivity index (χ2n) is 10.5. The van der Waals surface area contributed by atoms with Gasteiger partial charge in [0.25, 0.3) is 5.91 Å². The number of rotatable bonds is 7. The predicted molar refractivity (Wildman–Crippen MR) is 173 cm³/mol. The molecule has 1 aliphatic heterocycles. The number of para-hydroxylation sites is 1. The minimum atomic E-state index is -0.155. The molecule has 0 saturated carbocycles. The fourth-order valence-corrected chi connectivity index (χ4v) is 5.10. The number of hydrogen-bond acceptors (Lipinski definition) is 3. The molecule has 4 nitrogen and oxygen atoms in total. The highest BCUT2D eigenvalue weighted by Gasteiger charge is 2.34. The molecular weight excluding hydrogens is 514 g/mol. The number of carbonyl (C=O) groups is 1. The largest absolute Gasteiger partial charge is 0.302 e. The van der Waals surface area contributed by atoms with Crippen molar-refractivity contribution in [2.75, 3.05) is 4.90 Å². The third-order valence-electron chi connectivity index (χ3n) is 7.41. The minimum Gasteiger partial charge on any atom is -0.302 e. The molecule has 42 heavy (non-hydrogen) atoms. The second kappa shape index (κ2) is 12.0. The van der Waals surface area contributed by atoms with Gasteiger partial charge in [-0.25, -0.2) is 0 Å². The summed E-state index contributed by atoms with van der Waals surface area (Å²) in [7, 11) is 0. The second-order valence-corrected chi connectivity index (χ2v) is 10.5. The van der Waals surface area contributed by atoms with Crippen molar-refractivity contribution in [2.45, 2.75) is 20.4 Å². The van der Waals surface area contributed by atoms with Gasteiger partial charge in [0.15, 0.2) is 5.71 Å². The summed E-state index contributed by atoms with van der Waals surface area (Å²) in [6, 6.07) is 44.8. The quantitative estimate of drug-likeness (QED) is 0.150. The average molecular weight is 546 g/mol. The Bertz CT molecular complexity index is 1750. The van der Waals surface area contributed by atoms with E-state index in [4.69, 9.17) is 5.10 Å². The molecule has 1 aliphatic rings. The molecule has 204 valence electrons. The van der Waals surface area contributed by atoms with Crippen LogP contribution in [-0.4, -0.2) is 17.3 Å². The fraction of sp³-hybridized carbons (Fsp3) is 0.0789. The van der Waals surface area contributed by atoms with Crippen molar-refractivity contribution in [3.63, 3.8) is 0 Å². The summed E-state index contributed by atoms with van der Waals surface area (Å²) in [5.74, 6) is -0.155. The van der Waals surface area contributed by atoms with Gasteiger partial charge in [0.05, 0.1) is 17.9 Å². The zero-order chi connectivity index (χ0) is 28.9. The van der Waals surface area contributed by atoms with E-state index in [9.17, 15) is 4.79 Å². The molecule has 0 aliphatic carbocycles. The van der Waals surface area contributed by atoms with Crippen LogP contribution >= 0.6 is 0 Å². The molecule has 1 heterocycles. The Kier molecular flexibility index (Phi) is 7.69. The number of aryl methyl sites for hydroxylation is 2. The molecule has 0 aromatic heterocycles. The highest BCUT2D eigenvalue weighted by molar-refractivity contribution is 6.54. The molecule has 1 amide bonds. The van der Waals surface area contributed by atoms with Gasteiger partial charge in [-0.2, -0.15) is 0 Å². The van der Waals surface area contributed by atoms with Crippen LogP contribution in [0.25, 0.3) is 5.57 Å². The molecule has 0 spiro atoms. The van der Waals surface area contributed by atoms with Crippen LogP contribution in [0.2, 0.25) is 0 Å². The lowest BCUT2D eigenvalue weighted by Gasteiger charge is -2.16. The van der Waals surface area contributed by atoms with Gasteiger partial charge in [0.1, 0.15) is 0 Å². The molecule has 4 heteroatoms. The molecule has 0 N–H and O–H groups in total. The Labute approximate surface area is 247 Å². The van der Waals surface area contributed by atoms with Crippen molar-refractivity contribution in [3.05, 3.63) is 178 Å². The Morgan fingerprint density at radius 2 is 1.19 bits per heavy atom. The van der Waals surface area contributed by atoms with Crippen LogP contribution in [-0.2, 0) is 11.3 Å². The van der Waals surface area contributed by atoms with E-state index in [0.717, 1.165) is 39.1 Å². The number of fused-ring (bicyclic) bond motifs is 1. The van der Waals surface area contributed by atoms with Crippen LogP contribution in [0.15, 0.2) is 150 Å². The Hall–Kier alpha value is -5.35. The molecule has 6 rings (SSSR count). The summed E-state index contributed by atoms with van der Waals surface area (Å²) in [4.78, 5) is 15.5. The van der Waals surface area contributed by atoms with Gasteiger partial charge in [0.2, 0.25) is 0 Å². The topological polar surface area (TPSA) is 45.0 Å². The number of amides is 1. The van der Waals surface area contributed by atoms with Crippen LogP contribution < -0.4 is 4.90 Å². The van der Waals surface area contributed by atoms with Gasteiger partial charge < -0.3 is 4.90 Å². The number of benzene rings is 5. The lowest BCUT2D eigenvalue weighted by atomic mass is 9.94. The number of carbonyl (C=O) groups excluding carboxylic acids is 1. The van der Waals surface area contributed by atoms with E-state index in [1.54, 1.807) is 4.90 Å². The van der Waals surface area contributed by atoms with E-state index >= 15 is 0 Å². The SMILES string of the molecule is Cc1ccc(C(=C/C(=N\N=C2/C(=O)N(Cc3ccccc3)c3ccccc32)c2ccccc2)c2ccc(C)cc2)cc1. The molecule has 0 fully saturated rings.